The van der Waals surface area contributed by atoms with E-state index in [9.17, 15) is 9.59 Å². The minimum atomic E-state index is -0.542. The summed E-state index contributed by atoms with van der Waals surface area (Å²) in [5.41, 5.74) is 0.134. The largest absolute Gasteiger partial charge is 0.467 e. The van der Waals surface area contributed by atoms with Gasteiger partial charge in [-0.2, -0.15) is 0 Å². The lowest BCUT2D eigenvalue weighted by Gasteiger charge is -2.60. The number of ether oxygens (including phenoxy) is 1. The van der Waals surface area contributed by atoms with Gasteiger partial charge in [-0.3, -0.25) is 4.79 Å². The molecule has 23 heavy (non-hydrogen) atoms. The number of halogens is 1. The van der Waals surface area contributed by atoms with Gasteiger partial charge in [-0.1, -0.05) is 29.8 Å². The maximum Gasteiger partial charge on any atom is 0.328 e. The van der Waals surface area contributed by atoms with Crippen LogP contribution in [-0.4, -0.2) is 29.4 Å². The number of alkyl halides is 1. The Balaban J connectivity index is 1.67. The van der Waals surface area contributed by atoms with Gasteiger partial charge in [0.1, 0.15) is 6.04 Å². The molecule has 4 nitrogen and oxygen atoms in total. The SMILES string of the molecule is COC(=O)[C@H](NC(=O)CC12C[C@@H]3C[C@H](CC(Br)(C3)C1)C2)C(C)C. The molecule has 4 fully saturated rings. The molecule has 4 aliphatic carbocycles. The maximum absolute atomic E-state index is 12.6. The fraction of sp³-hybridized carbons (Fsp3) is 0.889. The highest BCUT2D eigenvalue weighted by molar-refractivity contribution is 9.10. The molecule has 0 unspecified atom stereocenters. The number of nitrogens with one attached hydrogen (secondary N) is 1. The van der Waals surface area contributed by atoms with Crippen LogP contribution in [0.5, 0.6) is 0 Å². The molecule has 0 aromatic heterocycles. The van der Waals surface area contributed by atoms with Crippen molar-refractivity contribution in [2.75, 3.05) is 7.11 Å². The van der Waals surface area contributed by atoms with Crippen molar-refractivity contribution in [2.24, 2.45) is 23.2 Å². The first-order valence-corrected chi connectivity index (χ1v) is 9.60. The van der Waals surface area contributed by atoms with Gasteiger partial charge in [0.2, 0.25) is 5.91 Å². The highest BCUT2D eigenvalue weighted by Crippen LogP contribution is 2.65. The third kappa shape index (κ3) is 3.45. The van der Waals surface area contributed by atoms with Gasteiger partial charge in [-0.15, -0.1) is 0 Å². The van der Waals surface area contributed by atoms with Crippen LogP contribution in [0.3, 0.4) is 0 Å². The second-order valence-electron chi connectivity index (χ2n) is 8.60. The molecule has 4 rings (SSSR count). The molecular formula is C18H28BrNO3. The van der Waals surface area contributed by atoms with Gasteiger partial charge in [-0.25, -0.2) is 4.79 Å². The summed E-state index contributed by atoms with van der Waals surface area (Å²) in [5.74, 6) is 1.23. The van der Waals surface area contributed by atoms with Crippen LogP contribution in [-0.2, 0) is 14.3 Å². The van der Waals surface area contributed by atoms with E-state index in [2.05, 4.69) is 21.2 Å². The van der Waals surface area contributed by atoms with Crippen molar-refractivity contribution in [3.63, 3.8) is 0 Å². The van der Waals surface area contributed by atoms with Crippen molar-refractivity contribution in [2.45, 2.75) is 69.2 Å². The number of carbonyl (C=O) groups excluding carboxylic acids is 2. The zero-order valence-electron chi connectivity index (χ0n) is 14.4. The molecule has 0 aliphatic heterocycles. The van der Waals surface area contributed by atoms with Crippen molar-refractivity contribution in [1.29, 1.82) is 0 Å². The lowest BCUT2D eigenvalue weighted by atomic mass is 9.48. The molecular weight excluding hydrogens is 358 g/mol. The molecule has 130 valence electrons. The van der Waals surface area contributed by atoms with Gasteiger partial charge in [0, 0.05) is 10.7 Å². The molecule has 4 aliphatic rings. The van der Waals surface area contributed by atoms with Crippen LogP contribution in [0.1, 0.15) is 58.8 Å². The molecule has 5 heteroatoms. The Morgan fingerprint density at radius 2 is 1.83 bits per heavy atom. The lowest BCUT2D eigenvalue weighted by Crippen LogP contribution is -2.55. The fourth-order valence-electron chi connectivity index (χ4n) is 5.73. The molecule has 0 aromatic carbocycles. The molecule has 0 heterocycles. The average molecular weight is 386 g/mol. The van der Waals surface area contributed by atoms with Crippen LogP contribution in [0.2, 0.25) is 0 Å². The summed E-state index contributed by atoms with van der Waals surface area (Å²) in [4.78, 5) is 24.5. The number of methoxy groups -OCH3 is 1. The highest BCUT2D eigenvalue weighted by Gasteiger charge is 2.57. The van der Waals surface area contributed by atoms with E-state index in [1.165, 1.54) is 39.2 Å². The van der Waals surface area contributed by atoms with Gasteiger partial charge in [0.25, 0.3) is 0 Å². The van der Waals surface area contributed by atoms with E-state index in [1.54, 1.807) is 0 Å². The Bertz CT molecular complexity index is 490. The van der Waals surface area contributed by atoms with Crippen LogP contribution in [0.15, 0.2) is 0 Å². The predicted molar refractivity (Wildman–Crippen MR) is 92.2 cm³/mol. The van der Waals surface area contributed by atoms with E-state index < -0.39 is 6.04 Å². The van der Waals surface area contributed by atoms with Crippen LogP contribution in [0, 0.1) is 23.2 Å². The Hall–Kier alpha value is -0.580. The molecule has 0 saturated heterocycles. The van der Waals surface area contributed by atoms with Crippen molar-refractivity contribution < 1.29 is 14.3 Å². The smallest absolute Gasteiger partial charge is 0.328 e. The van der Waals surface area contributed by atoms with Crippen LogP contribution in [0.25, 0.3) is 0 Å². The summed E-state index contributed by atoms with van der Waals surface area (Å²) < 4.78 is 5.08. The molecule has 0 aromatic rings. The molecule has 0 radical (unpaired) electrons. The number of carbonyl (C=O) groups is 2. The minimum Gasteiger partial charge on any atom is -0.467 e. The lowest BCUT2D eigenvalue weighted by molar-refractivity contribution is -0.147. The molecule has 4 bridgehead atoms. The molecule has 4 saturated carbocycles. The zero-order valence-corrected chi connectivity index (χ0v) is 15.9. The Morgan fingerprint density at radius 1 is 1.22 bits per heavy atom. The molecule has 0 spiro atoms. The van der Waals surface area contributed by atoms with Gasteiger partial charge < -0.3 is 10.1 Å². The fourth-order valence-corrected chi connectivity index (χ4v) is 7.24. The van der Waals surface area contributed by atoms with Gasteiger partial charge in [0.15, 0.2) is 0 Å². The number of hydrogen-bond acceptors (Lipinski definition) is 3. The molecule has 1 amide bonds. The second kappa shape index (κ2) is 6.05. The van der Waals surface area contributed by atoms with Crippen molar-refractivity contribution in [1.82, 2.24) is 5.32 Å². The van der Waals surface area contributed by atoms with Crippen molar-refractivity contribution >= 4 is 27.8 Å². The predicted octanol–water partition coefficient (Wildman–Crippen LogP) is 3.42. The van der Waals surface area contributed by atoms with Crippen LogP contribution in [0.4, 0.5) is 0 Å². The summed E-state index contributed by atoms with van der Waals surface area (Å²) in [6.07, 6.45) is 7.88. The first-order chi connectivity index (χ1) is 10.7. The summed E-state index contributed by atoms with van der Waals surface area (Å²) in [7, 11) is 1.37. The average Bonchev–Trinajstić information content (AvgIpc) is 2.40. The standard InChI is InChI=1S/C18H28BrNO3/c1-11(2)15(16(22)23-3)20-14(21)9-17-5-12-4-13(6-17)8-18(19,7-12)10-17/h11-13,15H,4-10H2,1-3H3,(H,20,21)/t12-,13-,15+,17?,18?/m0/s1. The number of amides is 1. The van der Waals surface area contributed by atoms with Gasteiger partial charge in [0.05, 0.1) is 7.11 Å². The zero-order chi connectivity index (χ0) is 16.8. The quantitative estimate of drug-likeness (QED) is 0.582. The number of hydrogen-bond donors (Lipinski definition) is 1. The number of rotatable bonds is 5. The van der Waals surface area contributed by atoms with Gasteiger partial charge in [-0.05, 0) is 61.7 Å². The summed E-state index contributed by atoms with van der Waals surface area (Å²) in [6, 6.07) is -0.542. The Labute approximate surface area is 147 Å². The van der Waals surface area contributed by atoms with Crippen LogP contribution >= 0.6 is 15.9 Å². The molecule has 1 N–H and O–H groups in total. The van der Waals surface area contributed by atoms with Crippen LogP contribution < -0.4 is 5.32 Å². The topological polar surface area (TPSA) is 55.4 Å². The van der Waals surface area contributed by atoms with E-state index >= 15 is 0 Å². The van der Waals surface area contributed by atoms with E-state index in [4.69, 9.17) is 4.74 Å². The van der Waals surface area contributed by atoms with Crippen molar-refractivity contribution in [3.8, 4) is 0 Å². The van der Waals surface area contributed by atoms with E-state index in [0.29, 0.717) is 6.42 Å². The normalized spacial score (nSPS) is 39.3. The third-order valence-electron chi connectivity index (χ3n) is 6.08. The Kier molecular flexibility index (Phi) is 4.54. The molecule has 3 atom stereocenters. The second-order valence-corrected chi connectivity index (χ2v) is 10.3. The van der Waals surface area contributed by atoms with Crippen molar-refractivity contribution in [3.05, 3.63) is 0 Å². The summed E-state index contributed by atoms with van der Waals surface area (Å²) in [5, 5.41) is 2.93. The maximum atomic E-state index is 12.6. The first-order valence-electron chi connectivity index (χ1n) is 8.80. The first kappa shape index (κ1) is 17.2. The van der Waals surface area contributed by atoms with E-state index in [1.807, 2.05) is 13.8 Å². The number of esters is 1. The van der Waals surface area contributed by atoms with E-state index in [0.717, 1.165) is 18.3 Å². The third-order valence-corrected chi connectivity index (χ3v) is 7.01. The van der Waals surface area contributed by atoms with Gasteiger partial charge >= 0.3 is 5.97 Å². The highest BCUT2D eigenvalue weighted by atomic mass is 79.9. The summed E-state index contributed by atoms with van der Waals surface area (Å²) >= 11 is 3.99. The summed E-state index contributed by atoms with van der Waals surface area (Å²) in [6.45, 7) is 3.86. The minimum absolute atomic E-state index is 0.00662. The monoisotopic (exact) mass is 385 g/mol. The van der Waals surface area contributed by atoms with E-state index in [-0.39, 0.29) is 27.5 Å². The Morgan fingerprint density at radius 3 is 2.30 bits per heavy atom.